The molecule has 0 aliphatic carbocycles. The van der Waals surface area contributed by atoms with E-state index in [0.29, 0.717) is 22.2 Å². The van der Waals surface area contributed by atoms with Gasteiger partial charge >= 0.3 is 0 Å². The standard InChI is InChI=1S/C24H25N3O3/c1-17-9-11-18(12-10-17)25-22(28)16-27-21-8-4-3-7-19(21)20(15-23(27)29)24(30)26-13-5-2-6-14-26/h3-4,7-12,15H,2,5-6,13-14,16H2,1H3,(H,25,28). The zero-order valence-corrected chi connectivity index (χ0v) is 17.1. The Balaban J connectivity index is 1.65. The van der Waals surface area contributed by atoms with Gasteiger partial charge in [0.2, 0.25) is 5.91 Å². The molecule has 1 N–H and O–H groups in total. The number of fused-ring (bicyclic) bond motifs is 1. The molecule has 6 nitrogen and oxygen atoms in total. The quantitative estimate of drug-likeness (QED) is 0.724. The maximum absolute atomic E-state index is 13.1. The number of benzene rings is 2. The zero-order chi connectivity index (χ0) is 21.1. The summed E-state index contributed by atoms with van der Waals surface area (Å²) >= 11 is 0. The number of para-hydroxylation sites is 1. The first kappa shape index (κ1) is 19.9. The highest BCUT2D eigenvalue weighted by atomic mass is 16.2. The van der Waals surface area contributed by atoms with Gasteiger partial charge in [0.25, 0.3) is 11.5 Å². The lowest BCUT2D eigenvalue weighted by atomic mass is 10.0. The van der Waals surface area contributed by atoms with Crippen LogP contribution in [-0.4, -0.2) is 34.4 Å². The first-order chi connectivity index (χ1) is 14.5. The SMILES string of the molecule is Cc1ccc(NC(=O)Cn2c(=O)cc(C(=O)N3CCCCC3)c3ccccc32)cc1. The van der Waals surface area contributed by atoms with E-state index >= 15 is 0 Å². The van der Waals surface area contributed by atoms with Crippen molar-refractivity contribution in [3.63, 3.8) is 0 Å². The number of anilines is 1. The average Bonchev–Trinajstić information content (AvgIpc) is 2.77. The van der Waals surface area contributed by atoms with Crippen LogP contribution in [0.15, 0.2) is 59.4 Å². The first-order valence-corrected chi connectivity index (χ1v) is 10.3. The van der Waals surface area contributed by atoms with Crippen LogP contribution in [0.3, 0.4) is 0 Å². The summed E-state index contributed by atoms with van der Waals surface area (Å²) in [7, 11) is 0. The summed E-state index contributed by atoms with van der Waals surface area (Å²) in [4.78, 5) is 40.4. The predicted octanol–water partition coefficient (Wildman–Crippen LogP) is 3.57. The molecule has 6 heteroatoms. The summed E-state index contributed by atoms with van der Waals surface area (Å²) in [5.41, 5.74) is 2.43. The summed E-state index contributed by atoms with van der Waals surface area (Å²) < 4.78 is 1.42. The Labute approximate surface area is 175 Å². The van der Waals surface area contributed by atoms with Crippen LogP contribution >= 0.6 is 0 Å². The van der Waals surface area contributed by atoms with E-state index in [4.69, 9.17) is 0 Å². The van der Waals surface area contributed by atoms with Gasteiger partial charge in [-0.15, -0.1) is 0 Å². The van der Waals surface area contributed by atoms with Crippen molar-refractivity contribution in [2.45, 2.75) is 32.7 Å². The van der Waals surface area contributed by atoms with Crippen molar-refractivity contribution >= 4 is 28.4 Å². The van der Waals surface area contributed by atoms with Crippen molar-refractivity contribution in [1.82, 2.24) is 9.47 Å². The third kappa shape index (κ3) is 4.13. The largest absolute Gasteiger partial charge is 0.339 e. The van der Waals surface area contributed by atoms with Gasteiger partial charge in [-0.1, -0.05) is 35.9 Å². The van der Waals surface area contributed by atoms with Gasteiger partial charge in [-0.05, 0) is 44.4 Å². The van der Waals surface area contributed by atoms with Crippen molar-refractivity contribution < 1.29 is 9.59 Å². The molecule has 4 rings (SSSR count). The summed E-state index contributed by atoms with van der Waals surface area (Å²) in [6.07, 6.45) is 3.10. The molecule has 1 saturated heterocycles. The predicted molar refractivity (Wildman–Crippen MR) is 118 cm³/mol. The summed E-state index contributed by atoms with van der Waals surface area (Å²) in [6.45, 7) is 3.29. The minimum absolute atomic E-state index is 0.112. The lowest BCUT2D eigenvalue weighted by Gasteiger charge is -2.27. The van der Waals surface area contributed by atoms with Crippen LogP contribution in [0.4, 0.5) is 5.69 Å². The molecule has 30 heavy (non-hydrogen) atoms. The van der Waals surface area contributed by atoms with Crippen molar-refractivity contribution in [1.29, 1.82) is 0 Å². The molecule has 2 aromatic carbocycles. The van der Waals surface area contributed by atoms with Gasteiger partial charge in [0.1, 0.15) is 6.54 Å². The summed E-state index contributed by atoms with van der Waals surface area (Å²) in [6, 6.07) is 16.1. The number of pyridine rings is 1. The number of amides is 2. The monoisotopic (exact) mass is 403 g/mol. The van der Waals surface area contributed by atoms with E-state index in [1.54, 1.807) is 6.07 Å². The molecular formula is C24H25N3O3. The number of nitrogens with zero attached hydrogens (tertiary/aromatic N) is 2. The fourth-order valence-corrected chi connectivity index (χ4v) is 3.92. The molecule has 0 bridgehead atoms. The number of aryl methyl sites for hydroxylation is 1. The van der Waals surface area contributed by atoms with Crippen LogP contribution in [0.2, 0.25) is 0 Å². The number of hydrogen-bond acceptors (Lipinski definition) is 3. The van der Waals surface area contributed by atoms with Crippen molar-refractivity contribution in [2.75, 3.05) is 18.4 Å². The summed E-state index contributed by atoms with van der Waals surface area (Å²) in [5.74, 6) is -0.402. The molecule has 0 spiro atoms. The molecule has 1 aliphatic rings. The Morgan fingerprint density at radius 2 is 1.67 bits per heavy atom. The Morgan fingerprint density at radius 3 is 2.40 bits per heavy atom. The highest BCUT2D eigenvalue weighted by molar-refractivity contribution is 6.06. The molecule has 1 aliphatic heterocycles. The van der Waals surface area contributed by atoms with Crippen molar-refractivity contribution in [3.8, 4) is 0 Å². The number of piperidine rings is 1. The number of hydrogen-bond donors (Lipinski definition) is 1. The Bertz CT molecular complexity index is 1140. The minimum Gasteiger partial charge on any atom is -0.339 e. The van der Waals surface area contributed by atoms with Crippen molar-refractivity contribution in [3.05, 3.63) is 76.1 Å². The molecule has 154 valence electrons. The van der Waals surface area contributed by atoms with E-state index in [1.807, 2.05) is 54.3 Å². The third-order valence-corrected chi connectivity index (χ3v) is 5.53. The van der Waals surface area contributed by atoms with Gasteiger partial charge in [-0.25, -0.2) is 0 Å². The van der Waals surface area contributed by atoms with Gasteiger partial charge in [-0.2, -0.15) is 0 Å². The van der Waals surface area contributed by atoms with Crippen LogP contribution in [-0.2, 0) is 11.3 Å². The lowest BCUT2D eigenvalue weighted by molar-refractivity contribution is -0.116. The van der Waals surface area contributed by atoms with Gasteiger partial charge in [0.05, 0.1) is 11.1 Å². The Hall–Kier alpha value is -3.41. The van der Waals surface area contributed by atoms with Crippen LogP contribution < -0.4 is 10.9 Å². The third-order valence-electron chi connectivity index (χ3n) is 5.53. The van der Waals surface area contributed by atoms with Crippen LogP contribution in [0, 0.1) is 6.92 Å². The van der Waals surface area contributed by atoms with E-state index in [-0.39, 0.29) is 23.9 Å². The number of carbonyl (C=O) groups is 2. The van der Waals surface area contributed by atoms with Crippen LogP contribution in [0.1, 0.15) is 35.2 Å². The highest BCUT2D eigenvalue weighted by Crippen LogP contribution is 2.21. The van der Waals surface area contributed by atoms with E-state index in [0.717, 1.165) is 37.9 Å². The van der Waals surface area contributed by atoms with E-state index in [1.165, 1.54) is 10.6 Å². The number of likely N-dealkylation sites (tertiary alicyclic amines) is 1. The first-order valence-electron chi connectivity index (χ1n) is 10.3. The number of carbonyl (C=O) groups excluding carboxylic acids is 2. The van der Waals surface area contributed by atoms with E-state index in [2.05, 4.69) is 5.32 Å². The molecule has 0 saturated carbocycles. The zero-order valence-electron chi connectivity index (χ0n) is 17.1. The topological polar surface area (TPSA) is 71.4 Å². The molecule has 3 aromatic rings. The molecule has 1 fully saturated rings. The van der Waals surface area contributed by atoms with Crippen LogP contribution in [0.25, 0.3) is 10.9 Å². The second-order valence-corrected chi connectivity index (χ2v) is 7.77. The van der Waals surface area contributed by atoms with Gasteiger partial charge < -0.3 is 10.2 Å². The van der Waals surface area contributed by atoms with Gasteiger partial charge in [0, 0.05) is 30.2 Å². The second-order valence-electron chi connectivity index (χ2n) is 7.77. The molecule has 0 atom stereocenters. The van der Waals surface area contributed by atoms with Crippen LogP contribution in [0.5, 0.6) is 0 Å². The number of nitrogens with one attached hydrogen (secondary N) is 1. The molecule has 2 amide bonds. The van der Waals surface area contributed by atoms with Gasteiger partial charge in [-0.3, -0.25) is 19.0 Å². The number of aromatic nitrogens is 1. The minimum atomic E-state index is -0.354. The fourth-order valence-electron chi connectivity index (χ4n) is 3.92. The molecule has 0 unspecified atom stereocenters. The summed E-state index contributed by atoms with van der Waals surface area (Å²) in [5, 5.41) is 3.52. The second kappa shape index (κ2) is 8.53. The highest BCUT2D eigenvalue weighted by Gasteiger charge is 2.22. The molecule has 0 radical (unpaired) electrons. The lowest BCUT2D eigenvalue weighted by Crippen LogP contribution is -2.37. The maximum Gasteiger partial charge on any atom is 0.254 e. The molecule has 1 aromatic heterocycles. The smallest absolute Gasteiger partial charge is 0.254 e. The molecule has 2 heterocycles. The van der Waals surface area contributed by atoms with Crippen molar-refractivity contribution in [2.24, 2.45) is 0 Å². The van der Waals surface area contributed by atoms with E-state index < -0.39 is 0 Å². The maximum atomic E-state index is 13.1. The fraction of sp³-hybridized carbons (Fsp3) is 0.292. The normalized spacial score (nSPS) is 14.0. The molecular weight excluding hydrogens is 378 g/mol. The Morgan fingerprint density at radius 1 is 0.967 bits per heavy atom. The average molecular weight is 403 g/mol. The van der Waals surface area contributed by atoms with E-state index in [9.17, 15) is 14.4 Å². The number of rotatable bonds is 4. The van der Waals surface area contributed by atoms with Gasteiger partial charge in [0.15, 0.2) is 0 Å². The Kier molecular flexibility index (Phi) is 5.65.